The Morgan fingerprint density at radius 2 is 1.01 bits per heavy atom. The van der Waals surface area contributed by atoms with E-state index in [2.05, 4.69) is 16.0 Å². The van der Waals surface area contributed by atoms with Gasteiger partial charge in [-0.3, -0.25) is 33.8 Å². The number of ether oxygens (including phenoxy) is 6. The van der Waals surface area contributed by atoms with Crippen LogP contribution in [0.3, 0.4) is 0 Å². The second kappa shape index (κ2) is 26.8. The van der Waals surface area contributed by atoms with Gasteiger partial charge in [-0.25, -0.2) is 14.4 Å². The molecule has 0 aromatic heterocycles. The van der Waals surface area contributed by atoms with Gasteiger partial charge in [0, 0.05) is 56.9 Å². The first-order chi connectivity index (χ1) is 36.3. The van der Waals surface area contributed by atoms with E-state index in [9.17, 15) is 43.5 Å². The van der Waals surface area contributed by atoms with Crippen molar-refractivity contribution in [1.29, 1.82) is 0 Å². The lowest BCUT2D eigenvalue weighted by molar-refractivity contribution is -0.155. The molecule has 6 aliphatic heterocycles. The van der Waals surface area contributed by atoms with Crippen molar-refractivity contribution in [3.05, 3.63) is 59.7 Å². The summed E-state index contributed by atoms with van der Waals surface area (Å²) in [6.45, 7) is 15.2. The Bertz CT molecular complexity index is 2460. The normalized spacial score (nSPS) is 25.0. The first kappa shape index (κ1) is 62.1. The smallest absolute Gasteiger partial charge is 0.410 e. The number of rotatable bonds is 9. The third-order valence-corrected chi connectivity index (χ3v) is 14.0. The van der Waals surface area contributed by atoms with E-state index in [1.165, 1.54) is 35.7 Å². The molecule has 432 valence electrons. The summed E-state index contributed by atoms with van der Waals surface area (Å²) in [6.07, 6.45) is 1.40. The second-order valence-corrected chi connectivity index (χ2v) is 21.9. The number of hydrogen-bond acceptors (Lipinski definition) is 15. The van der Waals surface area contributed by atoms with E-state index < -0.39 is 95.8 Å². The summed E-state index contributed by atoms with van der Waals surface area (Å²) in [5.74, 6) is -1.51. The fraction of sp³-hybridized carbons (Fsp3) is 0.636. The van der Waals surface area contributed by atoms with Gasteiger partial charge >= 0.3 is 18.2 Å². The zero-order chi connectivity index (χ0) is 56.5. The van der Waals surface area contributed by atoms with E-state index in [0.717, 1.165) is 40.6 Å². The van der Waals surface area contributed by atoms with Crippen LogP contribution in [0.1, 0.15) is 137 Å². The Kier molecular flexibility index (Phi) is 21.3. The number of fused-ring (bicyclic) bond motifs is 4. The van der Waals surface area contributed by atoms with Gasteiger partial charge in [0.05, 0.1) is 32.5 Å². The molecule has 0 radical (unpaired) electrons. The highest BCUT2D eigenvalue weighted by atomic mass is 16.6. The number of nitrogens with zero attached hydrogens (tertiary/aromatic N) is 4. The molecule has 23 nitrogen and oxygen atoms in total. The summed E-state index contributed by atoms with van der Waals surface area (Å²) in [6, 6.07) is 10.3. The number of carboxylic acid groups (broad SMARTS) is 1. The predicted molar refractivity (Wildman–Crippen MR) is 285 cm³/mol. The van der Waals surface area contributed by atoms with Crippen LogP contribution in [-0.4, -0.2) is 173 Å². The van der Waals surface area contributed by atoms with Crippen molar-refractivity contribution in [3.8, 4) is 11.5 Å². The Labute approximate surface area is 457 Å². The number of nitrogens with one attached hydrogen (secondary N) is 3. The summed E-state index contributed by atoms with van der Waals surface area (Å²) in [5, 5.41) is 17.8. The van der Waals surface area contributed by atoms with Gasteiger partial charge in [0.25, 0.3) is 0 Å². The molecular weight excluding hydrogens is 1010 g/mol. The molecule has 0 unspecified atom stereocenters. The maximum atomic E-state index is 13.6. The molecule has 8 rings (SSSR count). The van der Waals surface area contributed by atoms with Crippen LogP contribution in [0.2, 0.25) is 0 Å². The Hall–Kier alpha value is -6.72. The van der Waals surface area contributed by atoms with E-state index >= 15 is 0 Å². The third kappa shape index (κ3) is 15.7. The Balaban J connectivity index is 0.000000244. The van der Waals surface area contributed by atoms with Gasteiger partial charge < -0.3 is 65.0 Å². The zero-order valence-electron chi connectivity index (χ0n) is 45.9. The number of likely N-dealkylation sites (N-methyl/N-ethyl adjacent to an activating group) is 2. The average molecular weight is 1100 g/mol. The monoisotopic (exact) mass is 1090 g/mol. The molecule has 78 heavy (non-hydrogen) atoms. The van der Waals surface area contributed by atoms with Crippen LogP contribution < -0.4 is 31.2 Å². The quantitative estimate of drug-likeness (QED) is 0.226. The van der Waals surface area contributed by atoms with E-state index in [0.29, 0.717) is 38.7 Å². The largest absolute Gasteiger partial charge is 0.493 e. The minimum Gasteiger partial charge on any atom is -0.493 e. The van der Waals surface area contributed by atoms with Gasteiger partial charge in [-0.05, 0) is 93.2 Å². The Morgan fingerprint density at radius 1 is 0.603 bits per heavy atom. The molecule has 6 N–H and O–H groups in total. The summed E-state index contributed by atoms with van der Waals surface area (Å²) >= 11 is 0. The average Bonchev–Trinajstić information content (AvgIpc) is 4.00. The minimum atomic E-state index is -1.09. The number of carboxylic acids is 1. The predicted octanol–water partition coefficient (Wildman–Crippen LogP) is 4.76. The lowest BCUT2D eigenvalue weighted by Gasteiger charge is -2.33. The van der Waals surface area contributed by atoms with Crippen molar-refractivity contribution in [2.45, 2.75) is 186 Å². The number of aliphatic carboxylic acids is 1. The molecule has 23 heteroatoms. The third-order valence-electron chi connectivity index (χ3n) is 14.0. The van der Waals surface area contributed by atoms with E-state index in [-0.39, 0.29) is 57.4 Å². The number of nitrogens with two attached hydrogens (primary N) is 1. The van der Waals surface area contributed by atoms with E-state index in [1.54, 1.807) is 48.5 Å². The van der Waals surface area contributed by atoms with Crippen LogP contribution >= 0.6 is 0 Å². The van der Waals surface area contributed by atoms with Gasteiger partial charge in [0.2, 0.25) is 29.5 Å². The molecular formula is C55H82N8O15. The molecule has 4 fully saturated rings. The summed E-state index contributed by atoms with van der Waals surface area (Å²) in [5.41, 5.74) is 6.51. The van der Waals surface area contributed by atoms with Gasteiger partial charge in [-0.1, -0.05) is 43.8 Å². The van der Waals surface area contributed by atoms with Gasteiger partial charge in [-0.15, -0.1) is 0 Å². The molecule has 0 spiro atoms. The second-order valence-electron chi connectivity index (χ2n) is 21.9. The molecule has 6 aliphatic rings. The number of para-hydroxylation sites is 2. The SMILES string of the molecule is C.C[C@@H](C(=O)N[C@H]1CCO[C@H]2CC[C@@H](C(=O)N[C@@H]3CCOc4ccccc43)N2C1=O)N(C)C(=O)OC(C)(C)C.C[C@@H](C(=O)N[C@H]1CCO[C@H]2CC[C@@H](C(=O)O)N2C1=O)N(C)C(=O)OC(C)(C)C.N[C@H]1CCOc2ccccc21. The number of carbonyl (C=O) groups is 8. The standard InChI is InChI=1S/C27H38N4O7.C18H29N3O7.C9H11NO.CH4/c1-16(30(5)26(35)38-27(2,3)4)23(32)29-19-13-15-37-22-11-10-20(31(22)25(19)34)24(33)28-18-12-14-36-21-9-7-6-8-17(18)21;1-10(20(5)17(26)28-18(2,3)4)14(22)19-11-8-9-27-13-7-6-12(16(24)25)21(13)15(11)23;10-8-5-6-11-9-4-2-1-3-7(8)9;/h6-9,16,18-20,22H,10-15H2,1-5H3,(H,28,33)(H,29,32);10-13H,6-9H2,1-5H3,(H,19,22)(H,24,25);1-4,8H,5-6,10H2;1H4/t16-,18+,19-,20-,22-;10-,11-,12-,13-;8-;/m000./s1. The summed E-state index contributed by atoms with van der Waals surface area (Å²) in [7, 11) is 2.91. The fourth-order valence-electron chi connectivity index (χ4n) is 9.55. The van der Waals surface area contributed by atoms with Gasteiger partial charge in [-0.2, -0.15) is 0 Å². The van der Waals surface area contributed by atoms with Crippen molar-refractivity contribution >= 4 is 47.7 Å². The van der Waals surface area contributed by atoms with E-state index in [1.807, 2.05) is 48.5 Å². The highest BCUT2D eigenvalue weighted by Crippen LogP contribution is 2.35. The maximum absolute atomic E-state index is 13.6. The van der Waals surface area contributed by atoms with Crippen molar-refractivity contribution in [2.75, 3.05) is 40.5 Å². The van der Waals surface area contributed by atoms with Gasteiger partial charge in [0.15, 0.2) is 0 Å². The number of hydrogen-bond donors (Lipinski definition) is 5. The number of amides is 7. The number of carbonyl (C=O) groups excluding carboxylic acids is 7. The molecule has 2 aromatic rings. The van der Waals surface area contributed by atoms with Crippen molar-refractivity contribution < 1.29 is 71.9 Å². The van der Waals surface area contributed by atoms with Gasteiger partial charge in [0.1, 0.15) is 71.4 Å². The summed E-state index contributed by atoms with van der Waals surface area (Å²) < 4.78 is 33.2. The minimum absolute atomic E-state index is 0. The molecule has 10 atom stereocenters. The molecule has 0 aliphatic carbocycles. The molecule has 4 saturated heterocycles. The maximum Gasteiger partial charge on any atom is 0.410 e. The molecule has 0 saturated carbocycles. The number of benzene rings is 2. The van der Waals surface area contributed by atoms with Crippen molar-refractivity contribution in [2.24, 2.45) is 5.73 Å². The zero-order valence-corrected chi connectivity index (χ0v) is 45.9. The molecule has 7 amide bonds. The van der Waals surface area contributed by atoms with Crippen LogP contribution in [0, 0.1) is 0 Å². The lowest BCUT2D eigenvalue weighted by Crippen LogP contribution is -2.57. The first-order valence-corrected chi connectivity index (χ1v) is 26.4. The van der Waals surface area contributed by atoms with Crippen LogP contribution in [0.15, 0.2) is 48.5 Å². The molecule has 2 aromatic carbocycles. The highest BCUT2D eigenvalue weighted by Gasteiger charge is 2.48. The lowest BCUT2D eigenvalue weighted by atomic mass is 10.00. The Morgan fingerprint density at radius 3 is 1.47 bits per heavy atom. The highest BCUT2D eigenvalue weighted by molar-refractivity contribution is 5.95. The molecule has 6 heterocycles. The fourth-order valence-corrected chi connectivity index (χ4v) is 9.55. The molecule has 0 bridgehead atoms. The van der Waals surface area contributed by atoms with E-state index in [4.69, 9.17) is 34.2 Å². The topological polar surface area (TPSA) is 287 Å². The first-order valence-electron chi connectivity index (χ1n) is 26.4. The van der Waals surface area contributed by atoms with Crippen LogP contribution in [0.25, 0.3) is 0 Å². The summed E-state index contributed by atoms with van der Waals surface area (Å²) in [4.78, 5) is 106. The van der Waals surface area contributed by atoms with Crippen LogP contribution in [-0.2, 0) is 47.7 Å². The van der Waals surface area contributed by atoms with Crippen molar-refractivity contribution in [1.82, 2.24) is 35.6 Å². The van der Waals surface area contributed by atoms with Crippen molar-refractivity contribution in [3.63, 3.8) is 0 Å². The van der Waals surface area contributed by atoms with Crippen LogP contribution in [0.4, 0.5) is 9.59 Å². The van der Waals surface area contributed by atoms with Crippen LogP contribution in [0.5, 0.6) is 11.5 Å².